The molecule has 0 fully saturated rings. The molecule has 3 aromatic carbocycles. The maximum Gasteiger partial charge on any atom is 0.260 e. The Labute approximate surface area is 197 Å². The van der Waals surface area contributed by atoms with Gasteiger partial charge in [-0.2, -0.15) is 0 Å². The molecule has 0 saturated heterocycles. The van der Waals surface area contributed by atoms with Gasteiger partial charge in [0.05, 0.1) is 15.5 Å². The Morgan fingerprint density at radius 2 is 1.73 bits per heavy atom. The zero-order valence-electron chi connectivity index (χ0n) is 17.9. The highest BCUT2D eigenvalue weighted by Gasteiger charge is 2.23. The fraction of sp³-hybridized carbons (Fsp3) is 0.160. The summed E-state index contributed by atoms with van der Waals surface area (Å²) in [5.74, 6) is 0.716. The lowest BCUT2D eigenvalue weighted by molar-refractivity contribution is 0.0989. The normalized spacial score (nSPS) is 13.2. The van der Waals surface area contributed by atoms with Crippen molar-refractivity contribution < 1.29 is 22.7 Å². The van der Waals surface area contributed by atoms with Crippen LogP contribution < -0.4 is 14.4 Å². The Morgan fingerprint density at radius 3 is 2.45 bits per heavy atom. The minimum atomic E-state index is -3.51. The Kier molecular flexibility index (Phi) is 6.72. The number of carbonyl (C=O) groups is 1. The number of anilines is 1. The van der Waals surface area contributed by atoms with Crippen LogP contribution in [0, 0.1) is 0 Å². The van der Waals surface area contributed by atoms with Crippen LogP contribution in [0.4, 0.5) is 5.69 Å². The van der Waals surface area contributed by atoms with E-state index >= 15 is 0 Å². The fourth-order valence-electron chi connectivity index (χ4n) is 3.41. The lowest BCUT2D eigenvalue weighted by Gasteiger charge is -2.25. The second kappa shape index (κ2) is 9.68. The van der Waals surface area contributed by atoms with E-state index in [9.17, 15) is 13.2 Å². The van der Waals surface area contributed by atoms with Crippen LogP contribution in [0.25, 0.3) is 6.08 Å². The molecule has 0 radical (unpaired) electrons. The molecule has 1 aliphatic rings. The smallest absolute Gasteiger partial charge is 0.260 e. The molecule has 0 saturated carbocycles. The predicted octanol–water partition coefficient (Wildman–Crippen LogP) is 4.87. The van der Waals surface area contributed by atoms with Gasteiger partial charge in [0.1, 0.15) is 13.2 Å². The van der Waals surface area contributed by atoms with Crippen molar-refractivity contribution in [1.82, 2.24) is 0 Å². The minimum absolute atomic E-state index is 0.0252. The van der Waals surface area contributed by atoms with E-state index in [0.29, 0.717) is 30.4 Å². The highest BCUT2D eigenvalue weighted by atomic mass is 35.5. The predicted molar refractivity (Wildman–Crippen MR) is 129 cm³/mol. The molecule has 170 valence electrons. The number of carbonyl (C=O) groups excluding carboxylic acids is 1. The van der Waals surface area contributed by atoms with E-state index in [-0.39, 0.29) is 22.0 Å². The molecular weight excluding hydrogens is 462 g/mol. The first-order valence-corrected chi connectivity index (χ1v) is 12.5. The lowest BCUT2D eigenvalue weighted by Crippen LogP contribution is -2.31. The molecule has 0 N–H and O–H groups in total. The third-order valence-corrected chi connectivity index (χ3v) is 6.52. The van der Waals surface area contributed by atoms with Crippen LogP contribution in [0.3, 0.4) is 0 Å². The van der Waals surface area contributed by atoms with E-state index in [2.05, 4.69) is 0 Å². The molecule has 8 heteroatoms. The van der Waals surface area contributed by atoms with Gasteiger partial charge in [0.15, 0.2) is 21.3 Å². The Bertz CT molecular complexity index is 1310. The van der Waals surface area contributed by atoms with E-state index < -0.39 is 15.7 Å². The van der Waals surface area contributed by atoms with Gasteiger partial charge in [0.2, 0.25) is 0 Å². The van der Waals surface area contributed by atoms with Crippen molar-refractivity contribution in [3.8, 4) is 11.5 Å². The quantitative estimate of drug-likeness (QED) is 0.500. The number of hydrogen-bond acceptors (Lipinski definition) is 5. The number of amides is 1. The molecule has 4 rings (SSSR count). The van der Waals surface area contributed by atoms with Gasteiger partial charge in [-0.15, -0.1) is 0 Å². The van der Waals surface area contributed by atoms with Gasteiger partial charge in [0.25, 0.3) is 5.91 Å². The van der Waals surface area contributed by atoms with Crippen LogP contribution in [-0.4, -0.2) is 40.3 Å². The van der Waals surface area contributed by atoms with Crippen molar-refractivity contribution in [3.05, 3.63) is 89.0 Å². The SMILES string of the molecule is CS(=O)(=O)c1ccc(Cl)c(C(=O)N(C/C=C/c2ccccc2)c2ccc3c(c2)OCCO3)c1. The maximum atomic E-state index is 13.6. The van der Waals surface area contributed by atoms with E-state index in [0.717, 1.165) is 11.8 Å². The topological polar surface area (TPSA) is 72.9 Å². The third-order valence-electron chi connectivity index (χ3n) is 5.08. The van der Waals surface area contributed by atoms with E-state index in [4.69, 9.17) is 21.1 Å². The first-order valence-electron chi connectivity index (χ1n) is 10.3. The Morgan fingerprint density at radius 1 is 1.00 bits per heavy atom. The van der Waals surface area contributed by atoms with Crippen LogP contribution in [0.1, 0.15) is 15.9 Å². The van der Waals surface area contributed by atoms with Crippen LogP contribution in [0.15, 0.2) is 77.7 Å². The van der Waals surface area contributed by atoms with E-state index in [1.807, 2.05) is 42.5 Å². The molecule has 0 spiro atoms. The maximum absolute atomic E-state index is 13.6. The lowest BCUT2D eigenvalue weighted by atomic mass is 10.1. The minimum Gasteiger partial charge on any atom is -0.486 e. The van der Waals surface area contributed by atoms with Crippen molar-refractivity contribution in [2.75, 3.05) is 30.9 Å². The molecule has 0 unspecified atom stereocenters. The van der Waals surface area contributed by atoms with Gasteiger partial charge in [-0.1, -0.05) is 54.1 Å². The molecule has 1 amide bonds. The Hall–Kier alpha value is -3.29. The number of ether oxygens (including phenoxy) is 2. The molecule has 0 aliphatic carbocycles. The first-order chi connectivity index (χ1) is 15.8. The Balaban J connectivity index is 1.72. The summed E-state index contributed by atoms with van der Waals surface area (Å²) in [5, 5.41) is 0.169. The molecule has 0 bridgehead atoms. The summed E-state index contributed by atoms with van der Waals surface area (Å²) in [6.07, 6.45) is 4.86. The van der Waals surface area contributed by atoms with Gasteiger partial charge in [-0.3, -0.25) is 4.79 Å². The molecule has 3 aromatic rings. The van der Waals surface area contributed by atoms with Gasteiger partial charge in [0, 0.05) is 24.6 Å². The molecule has 6 nitrogen and oxygen atoms in total. The third kappa shape index (κ3) is 5.38. The molecule has 1 heterocycles. The highest BCUT2D eigenvalue weighted by molar-refractivity contribution is 7.90. The summed E-state index contributed by atoms with van der Waals surface area (Å²) in [6.45, 7) is 1.11. The van der Waals surface area contributed by atoms with Crippen molar-refractivity contribution in [2.45, 2.75) is 4.90 Å². The number of halogens is 1. The van der Waals surface area contributed by atoms with E-state index in [1.54, 1.807) is 18.2 Å². The monoisotopic (exact) mass is 483 g/mol. The number of sulfone groups is 1. The second-order valence-electron chi connectivity index (χ2n) is 7.47. The molecular formula is C25H22ClNO5S. The zero-order valence-corrected chi connectivity index (χ0v) is 19.5. The first kappa shape index (κ1) is 22.9. The molecule has 0 atom stereocenters. The van der Waals surface area contributed by atoms with Crippen molar-refractivity contribution in [3.63, 3.8) is 0 Å². The number of nitrogens with zero attached hydrogens (tertiary/aromatic N) is 1. The number of rotatable bonds is 6. The van der Waals surface area contributed by atoms with Crippen molar-refractivity contribution in [2.24, 2.45) is 0 Å². The molecule has 33 heavy (non-hydrogen) atoms. The van der Waals surface area contributed by atoms with Gasteiger partial charge in [-0.25, -0.2) is 8.42 Å². The van der Waals surface area contributed by atoms with Crippen LogP contribution in [-0.2, 0) is 9.84 Å². The summed E-state index contributed by atoms with van der Waals surface area (Å²) < 4.78 is 35.3. The summed E-state index contributed by atoms with van der Waals surface area (Å²) >= 11 is 6.31. The van der Waals surface area contributed by atoms with Gasteiger partial charge in [-0.05, 0) is 35.9 Å². The fourth-order valence-corrected chi connectivity index (χ4v) is 4.25. The van der Waals surface area contributed by atoms with Gasteiger partial charge < -0.3 is 14.4 Å². The van der Waals surface area contributed by atoms with Crippen molar-refractivity contribution in [1.29, 1.82) is 0 Å². The largest absolute Gasteiger partial charge is 0.486 e. The summed E-state index contributed by atoms with van der Waals surface area (Å²) in [4.78, 5) is 15.1. The van der Waals surface area contributed by atoms with Crippen molar-refractivity contribution >= 4 is 39.1 Å². The average Bonchev–Trinajstić information content (AvgIpc) is 2.81. The van der Waals surface area contributed by atoms with Crippen LogP contribution >= 0.6 is 11.6 Å². The molecule has 1 aliphatic heterocycles. The summed E-state index contributed by atoms with van der Waals surface area (Å²) in [5.41, 5.74) is 1.66. The second-order valence-corrected chi connectivity index (χ2v) is 9.89. The van der Waals surface area contributed by atoms with E-state index in [1.165, 1.54) is 23.1 Å². The van der Waals surface area contributed by atoms with Gasteiger partial charge >= 0.3 is 0 Å². The van der Waals surface area contributed by atoms with Crippen LogP contribution in [0.2, 0.25) is 5.02 Å². The number of fused-ring (bicyclic) bond motifs is 1. The number of hydrogen-bond donors (Lipinski definition) is 0. The van der Waals surface area contributed by atoms with Crippen LogP contribution in [0.5, 0.6) is 11.5 Å². The highest BCUT2D eigenvalue weighted by Crippen LogP contribution is 2.35. The summed E-state index contributed by atoms with van der Waals surface area (Å²) in [7, 11) is -3.51. The zero-order chi connectivity index (χ0) is 23.4. The average molecular weight is 484 g/mol. The number of benzene rings is 3. The standard InChI is InChI=1S/C25H22ClNO5S/c1-33(29,30)20-10-11-22(26)21(17-20)25(28)27(13-5-8-18-6-3-2-4-7-18)19-9-12-23-24(16-19)32-15-14-31-23/h2-12,16-17H,13-15H2,1H3/b8-5+. The molecule has 0 aromatic heterocycles. The summed E-state index contributed by atoms with van der Waals surface area (Å²) in [6, 6.07) is 19.1.